The number of methoxy groups -OCH3 is 1. The number of amides is 1. The molecule has 0 aliphatic carbocycles. The van der Waals surface area contributed by atoms with Crippen molar-refractivity contribution in [1.82, 2.24) is 20.1 Å². The number of thioether (sulfide) groups is 1. The van der Waals surface area contributed by atoms with Crippen molar-refractivity contribution in [2.45, 2.75) is 31.1 Å². The molecule has 1 atom stereocenters. The van der Waals surface area contributed by atoms with Crippen molar-refractivity contribution in [1.29, 1.82) is 0 Å². The summed E-state index contributed by atoms with van der Waals surface area (Å²) in [5.41, 5.74) is 0.504. The maximum Gasteiger partial charge on any atom is 0.343 e. The maximum atomic E-state index is 12.3. The Labute approximate surface area is 160 Å². The zero-order chi connectivity index (χ0) is 19.2. The van der Waals surface area contributed by atoms with Crippen LogP contribution in [0.1, 0.15) is 25.1 Å². The van der Waals surface area contributed by atoms with E-state index >= 15 is 0 Å². The molecular weight excluding hydrogens is 368 g/mol. The highest BCUT2D eigenvalue weighted by Crippen LogP contribution is 2.23. The summed E-state index contributed by atoms with van der Waals surface area (Å²) in [6.07, 6.45) is 0.693. The van der Waals surface area contributed by atoms with Gasteiger partial charge in [-0.3, -0.25) is 9.36 Å². The summed E-state index contributed by atoms with van der Waals surface area (Å²) in [6.45, 7) is 2.91. The average Bonchev–Trinajstić information content (AvgIpc) is 3.24. The summed E-state index contributed by atoms with van der Waals surface area (Å²) in [4.78, 5) is 24.1. The second-order valence-electron chi connectivity index (χ2n) is 6.07. The van der Waals surface area contributed by atoms with Crippen LogP contribution in [0, 0.1) is 0 Å². The number of furan rings is 1. The molecular formula is C18H22N4O4S. The van der Waals surface area contributed by atoms with E-state index in [2.05, 4.69) is 15.5 Å². The van der Waals surface area contributed by atoms with Gasteiger partial charge in [-0.1, -0.05) is 30.0 Å². The molecule has 0 fully saturated rings. The van der Waals surface area contributed by atoms with Gasteiger partial charge >= 0.3 is 5.69 Å². The molecule has 144 valence electrons. The molecule has 27 heavy (non-hydrogen) atoms. The van der Waals surface area contributed by atoms with E-state index in [9.17, 15) is 9.59 Å². The molecule has 1 aromatic carbocycles. The van der Waals surface area contributed by atoms with Gasteiger partial charge in [-0.05, 0) is 25.5 Å². The number of aromatic nitrogens is 3. The molecule has 0 spiro atoms. The van der Waals surface area contributed by atoms with Gasteiger partial charge in [-0.15, -0.1) is 5.10 Å². The summed E-state index contributed by atoms with van der Waals surface area (Å²) in [5, 5.41) is 10.8. The van der Waals surface area contributed by atoms with E-state index in [0.717, 1.165) is 11.0 Å². The van der Waals surface area contributed by atoms with Gasteiger partial charge in [0.15, 0.2) is 5.16 Å². The topological polar surface area (TPSA) is 102 Å². The summed E-state index contributed by atoms with van der Waals surface area (Å²) < 4.78 is 12.3. The number of nitrogens with zero attached hydrogens (tertiary/aromatic N) is 2. The van der Waals surface area contributed by atoms with Gasteiger partial charge in [0.05, 0.1) is 11.8 Å². The number of carbonyl (C=O) groups excluding carboxylic acids is 1. The van der Waals surface area contributed by atoms with Crippen LogP contribution < -0.4 is 11.0 Å². The van der Waals surface area contributed by atoms with E-state index in [1.807, 2.05) is 37.3 Å². The molecule has 8 nitrogen and oxygen atoms in total. The van der Waals surface area contributed by atoms with Gasteiger partial charge in [0.25, 0.3) is 0 Å². The van der Waals surface area contributed by atoms with Crippen molar-refractivity contribution in [3.8, 4) is 0 Å². The Kier molecular flexibility index (Phi) is 6.36. The molecule has 3 aromatic rings. The van der Waals surface area contributed by atoms with Gasteiger partial charge in [0.1, 0.15) is 11.3 Å². The molecule has 0 bridgehead atoms. The molecule has 2 heterocycles. The van der Waals surface area contributed by atoms with Gasteiger partial charge in [-0.25, -0.2) is 9.89 Å². The molecule has 0 saturated carbocycles. The number of fused-ring (bicyclic) bond motifs is 1. The quantitative estimate of drug-likeness (QED) is 0.429. The number of H-pyrrole nitrogens is 1. The van der Waals surface area contributed by atoms with Crippen molar-refractivity contribution in [2.75, 3.05) is 19.5 Å². The first-order valence-electron chi connectivity index (χ1n) is 8.63. The Hall–Kier alpha value is -2.52. The van der Waals surface area contributed by atoms with Crippen molar-refractivity contribution >= 4 is 28.6 Å². The molecule has 0 aliphatic heterocycles. The number of nitrogens with one attached hydrogen (secondary N) is 2. The minimum Gasteiger partial charge on any atom is -0.459 e. The monoisotopic (exact) mass is 390 g/mol. The van der Waals surface area contributed by atoms with Crippen LogP contribution in [-0.2, 0) is 16.1 Å². The first-order valence-corrected chi connectivity index (χ1v) is 9.62. The highest BCUT2D eigenvalue weighted by atomic mass is 32.2. The van der Waals surface area contributed by atoms with Crippen molar-refractivity contribution < 1.29 is 13.9 Å². The fourth-order valence-electron chi connectivity index (χ4n) is 2.68. The van der Waals surface area contributed by atoms with Crippen LogP contribution in [0.25, 0.3) is 11.0 Å². The van der Waals surface area contributed by atoms with Crippen LogP contribution in [-0.4, -0.2) is 40.1 Å². The normalized spacial score (nSPS) is 12.4. The van der Waals surface area contributed by atoms with Crippen LogP contribution >= 0.6 is 11.8 Å². The smallest absolute Gasteiger partial charge is 0.343 e. The van der Waals surface area contributed by atoms with Gasteiger partial charge < -0.3 is 14.5 Å². The van der Waals surface area contributed by atoms with Crippen LogP contribution in [0.3, 0.4) is 0 Å². The Morgan fingerprint density at radius 2 is 2.26 bits per heavy atom. The zero-order valence-corrected chi connectivity index (χ0v) is 16.0. The third-order valence-corrected chi connectivity index (χ3v) is 5.01. The Morgan fingerprint density at radius 3 is 3.04 bits per heavy atom. The van der Waals surface area contributed by atoms with E-state index in [4.69, 9.17) is 9.15 Å². The molecule has 0 radical (unpaired) electrons. The molecule has 0 unspecified atom stereocenters. The number of benzene rings is 1. The lowest BCUT2D eigenvalue weighted by molar-refractivity contribution is -0.119. The van der Waals surface area contributed by atoms with Crippen molar-refractivity contribution in [3.05, 3.63) is 46.6 Å². The van der Waals surface area contributed by atoms with Gasteiger partial charge in [0.2, 0.25) is 5.91 Å². The Balaban J connectivity index is 1.56. The van der Waals surface area contributed by atoms with E-state index < -0.39 is 0 Å². The second kappa shape index (κ2) is 8.92. The molecule has 3 rings (SSSR count). The fourth-order valence-corrected chi connectivity index (χ4v) is 3.46. The average molecular weight is 390 g/mol. The number of aromatic amines is 1. The fraction of sp³-hybridized carbons (Fsp3) is 0.389. The predicted octanol–water partition coefficient (Wildman–Crippen LogP) is 2.32. The molecule has 2 N–H and O–H groups in total. The van der Waals surface area contributed by atoms with Crippen LogP contribution in [0.4, 0.5) is 0 Å². The molecule has 0 aliphatic rings. The lowest BCUT2D eigenvalue weighted by Crippen LogP contribution is -2.28. The van der Waals surface area contributed by atoms with Gasteiger partial charge in [0, 0.05) is 25.6 Å². The SMILES string of the molecule is COCCCn1c(SCC(=O)N[C@@H](C)c2cc3ccccc3o2)n[nH]c1=O. The molecule has 2 aromatic heterocycles. The number of rotatable bonds is 9. The Morgan fingerprint density at radius 1 is 1.44 bits per heavy atom. The summed E-state index contributed by atoms with van der Waals surface area (Å²) >= 11 is 1.21. The summed E-state index contributed by atoms with van der Waals surface area (Å²) in [7, 11) is 1.61. The lowest BCUT2D eigenvalue weighted by atomic mass is 10.2. The van der Waals surface area contributed by atoms with Crippen molar-refractivity contribution in [2.24, 2.45) is 0 Å². The summed E-state index contributed by atoms with van der Waals surface area (Å²) in [5.74, 6) is 0.691. The van der Waals surface area contributed by atoms with Crippen molar-refractivity contribution in [3.63, 3.8) is 0 Å². The lowest BCUT2D eigenvalue weighted by Gasteiger charge is -2.11. The van der Waals surface area contributed by atoms with Crippen LogP contribution in [0.15, 0.2) is 44.7 Å². The number of hydrogen-bond acceptors (Lipinski definition) is 6. The maximum absolute atomic E-state index is 12.3. The number of para-hydroxylation sites is 1. The zero-order valence-electron chi connectivity index (χ0n) is 15.2. The standard InChI is InChI=1S/C18H22N4O4S/c1-12(15-10-13-6-3-4-7-14(13)26-15)19-16(23)11-27-18-21-20-17(24)22(18)8-5-9-25-2/h3-4,6-7,10,12H,5,8-9,11H2,1-2H3,(H,19,23)(H,20,24)/t12-/m0/s1. The largest absolute Gasteiger partial charge is 0.459 e. The first-order chi connectivity index (χ1) is 13.1. The highest BCUT2D eigenvalue weighted by Gasteiger charge is 2.16. The van der Waals surface area contributed by atoms with Crippen LogP contribution in [0.2, 0.25) is 0 Å². The third-order valence-electron chi connectivity index (χ3n) is 4.03. The van der Waals surface area contributed by atoms with E-state index in [-0.39, 0.29) is 23.4 Å². The summed E-state index contributed by atoms with van der Waals surface area (Å²) in [6, 6.07) is 9.38. The minimum atomic E-state index is -0.287. The van der Waals surface area contributed by atoms with E-state index in [0.29, 0.717) is 30.5 Å². The third kappa shape index (κ3) is 4.81. The molecule has 0 saturated heterocycles. The predicted molar refractivity (Wildman–Crippen MR) is 103 cm³/mol. The number of hydrogen-bond donors (Lipinski definition) is 2. The Bertz CT molecular complexity index is 929. The van der Waals surface area contributed by atoms with E-state index in [1.165, 1.54) is 16.3 Å². The first kappa shape index (κ1) is 19.2. The van der Waals surface area contributed by atoms with E-state index in [1.54, 1.807) is 7.11 Å². The van der Waals surface area contributed by atoms with Crippen LogP contribution in [0.5, 0.6) is 0 Å². The second-order valence-corrected chi connectivity index (χ2v) is 7.02. The number of ether oxygens (including phenoxy) is 1. The highest BCUT2D eigenvalue weighted by molar-refractivity contribution is 7.99. The molecule has 1 amide bonds. The minimum absolute atomic E-state index is 0.152. The van der Waals surface area contributed by atoms with Gasteiger partial charge in [-0.2, -0.15) is 0 Å². The molecule has 9 heteroatoms. The number of carbonyl (C=O) groups is 1.